The van der Waals surface area contributed by atoms with E-state index in [2.05, 4.69) is 27.9 Å². The monoisotopic (exact) mass is 400 g/mol. The van der Waals surface area contributed by atoms with Crippen LogP contribution in [0.3, 0.4) is 0 Å². The number of hydrogen-bond donors (Lipinski definition) is 2. The highest BCUT2D eigenvalue weighted by Gasteiger charge is 2.07. The molecule has 0 aliphatic carbocycles. The van der Waals surface area contributed by atoms with E-state index in [0.717, 1.165) is 21.2 Å². The molecule has 0 aliphatic heterocycles. The smallest absolute Gasteiger partial charge is 0.251 e. The summed E-state index contributed by atoms with van der Waals surface area (Å²) in [5.41, 5.74) is 8.08. The summed E-state index contributed by atoms with van der Waals surface area (Å²) >= 11 is 8.13. The van der Waals surface area contributed by atoms with Gasteiger partial charge in [-0.25, -0.2) is 0 Å². The molecule has 2 aromatic rings. The molecule has 0 saturated heterocycles. The van der Waals surface area contributed by atoms with E-state index in [0.29, 0.717) is 17.1 Å². The number of rotatable bonds is 4. The van der Waals surface area contributed by atoms with Crippen LogP contribution in [0.25, 0.3) is 0 Å². The molecule has 1 amide bonds. The summed E-state index contributed by atoms with van der Waals surface area (Å²) in [6, 6.07) is 12.9. The van der Waals surface area contributed by atoms with Crippen LogP contribution >= 0.6 is 34.2 Å². The zero-order valence-electron chi connectivity index (χ0n) is 10.7. The fourth-order valence-electron chi connectivity index (χ4n) is 1.74. The Kier molecular flexibility index (Phi) is 5.25. The molecule has 3 nitrogen and oxygen atoms in total. The Morgan fingerprint density at radius 3 is 2.55 bits per heavy atom. The highest BCUT2D eigenvalue weighted by Crippen LogP contribution is 2.19. The molecule has 0 spiro atoms. The molecule has 0 heterocycles. The quantitative estimate of drug-likeness (QED) is 0.610. The summed E-state index contributed by atoms with van der Waals surface area (Å²) in [7, 11) is 0. The van der Waals surface area contributed by atoms with Crippen molar-refractivity contribution in [2.24, 2.45) is 0 Å². The predicted molar refractivity (Wildman–Crippen MR) is 91.1 cm³/mol. The highest BCUT2D eigenvalue weighted by molar-refractivity contribution is 14.1. The number of hydrogen-bond acceptors (Lipinski definition) is 2. The molecule has 3 N–H and O–H groups in total. The number of anilines is 1. The van der Waals surface area contributed by atoms with Crippen LogP contribution in [-0.4, -0.2) is 12.5 Å². The number of carbonyl (C=O) groups excluding carboxylic acids is 1. The van der Waals surface area contributed by atoms with Gasteiger partial charge in [0.25, 0.3) is 5.91 Å². The minimum Gasteiger partial charge on any atom is -0.399 e. The third-order valence-corrected chi connectivity index (χ3v) is 4.43. The van der Waals surface area contributed by atoms with E-state index < -0.39 is 0 Å². The highest BCUT2D eigenvalue weighted by atomic mass is 127. The lowest BCUT2D eigenvalue weighted by Gasteiger charge is -2.06. The lowest BCUT2D eigenvalue weighted by molar-refractivity contribution is 0.0954. The van der Waals surface area contributed by atoms with Crippen LogP contribution in [-0.2, 0) is 6.42 Å². The number of halogens is 2. The van der Waals surface area contributed by atoms with Crippen molar-refractivity contribution in [3.8, 4) is 0 Å². The molecule has 0 radical (unpaired) electrons. The molecule has 0 fully saturated rings. The van der Waals surface area contributed by atoms with E-state index >= 15 is 0 Å². The predicted octanol–water partition coefficient (Wildman–Crippen LogP) is 3.50. The summed E-state index contributed by atoms with van der Waals surface area (Å²) in [6.45, 7) is 0.576. The normalized spacial score (nSPS) is 10.3. The van der Waals surface area contributed by atoms with E-state index in [9.17, 15) is 4.79 Å². The minimum absolute atomic E-state index is 0.112. The molecule has 0 atom stereocenters. The standard InChI is InChI=1S/C15H14ClIN2O/c16-13-9-11(3-6-14(13)17)15(20)19-8-7-10-1-4-12(18)5-2-10/h1-6,9H,7-8,18H2,(H,19,20). The van der Waals surface area contributed by atoms with E-state index in [-0.39, 0.29) is 5.91 Å². The largest absolute Gasteiger partial charge is 0.399 e. The third-order valence-electron chi connectivity index (χ3n) is 2.86. The van der Waals surface area contributed by atoms with Crippen molar-refractivity contribution in [2.45, 2.75) is 6.42 Å². The number of nitrogen functional groups attached to an aromatic ring is 1. The number of carbonyl (C=O) groups is 1. The van der Waals surface area contributed by atoms with Gasteiger partial charge < -0.3 is 11.1 Å². The topological polar surface area (TPSA) is 55.1 Å². The minimum atomic E-state index is -0.112. The SMILES string of the molecule is Nc1ccc(CCNC(=O)c2ccc(I)c(Cl)c2)cc1. The second-order valence-electron chi connectivity index (χ2n) is 4.38. The van der Waals surface area contributed by atoms with Crippen LogP contribution in [0.1, 0.15) is 15.9 Å². The lowest BCUT2D eigenvalue weighted by Crippen LogP contribution is -2.25. The van der Waals surface area contributed by atoms with Crippen molar-refractivity contribution in [3.63, 3.8) is 0 Å². The summed E-state index contributed by atoms with van der Waals surface area (Å²) in [5.74, 6) is -0.112. The first kappa shape index (κ1) is 15.1. The summed E-state index contributed by atoms with van der Waals surface area (Å²) in [5, 5.41) is 3.47. The summed E-state index contributed by atoms with van der Waals surface area (Å²) in [4.78, 5) is 12.0. The number of benzene rings is 2. The second kappa shape index (κ2) is 6.95. The Balaban J connectivity index is 1.88. The average Bonchev–Trinajstić information content (AvgIpc) is 2.44. The Labute approximate surface area is 136 Å². The molecule has 104 valence electrons. The summed E-state index contributed by atoms with van der Waals surface area (Å²) < 4.78 is 0.933. The molecule has 0 aliphatic rings. The van der Waals surface area contributed by atoms with Crippen molar-refractivity contribution >= 4 is 45.8 Å². The van der Waals surface area contributed by atoms with Gasteiger partial charge in [-0.2, -0.15) is 0 Å². The van der Waals surface area contributed by atoms with Gasteiger partial charge in [-0.1, -0.05) is 23.7 Å². The van der Waals surface area contributed by atoms with Gasteiger partial charge in [-0.3, -0.25) is 4.79 Å². The first-order valence-electron chi connectivity index (χ1n) is 6.14. The van der Waals surface area contributed by atoms with Gasteiger partial charge in [0.05, 0.1) is 5.02 Å². The maximum atomic E-state index is 12.0. The maximum Gasteiger partial charge on any atom is 0.251 e. The van der Waals surface area contributed by atoms with Gasteiger partial charge >= 0.3 is 0 Å². The van der Waals surface area contributed by atoms with Crippen molar-refractivity contribution < 1.29 is 4.79 Å². The van der Waals surface area contributed by atoms with Gasteiger partial charge in [0, 0.05) is 21.4 Å². The Bertz CT molecular complexity index is 614. The molecule has 2 aromatic carbocycles. The van der Waals surface area contributed by atoms with Gasteiger partial charge in [-0.05, 0) is 64.9 Å². The molecule has 2 rings (SSSR count). The van der Waals surface area contributed by atoms with Crippen LogP contribution in [0, 0.1) is 3.57 Å². The number of amides is 1. The Morgan fingerprint density at radius 2 is 1.90 bits per heavy atom. The zero-order chi connectivity index (χ0) is 14.5. The van der Waals surface area contributed by atoms with Gasteiger partial charge in [-0.15, -0.1) is 0 Å². The van der Waals surface area contributed by atoms with Crippen LogP contribution in [0.4, 0.5) is 5.69 Å². The van der Waals surface area contributed by atoms with Crippen LogP contribution < -0.4 is 11.1 Å². The molecule has 20 heavy (non-hydrogen) atoms. The molecular weight excluding hydrogens is 387 g/mol. The molecule has 0 unspecified atom stereocenters. The van der Waals surface area contributed by atoms with Crippen LogP contribution in [0.15, 0.2) is 42.5 Å². The van der Waals surface area contributed by atoms with Crippen molar-refractivity contribution in [2.75, 3.05) is 12.3 Å². The van der Waals surface area contributed by atoms with Crippen LogP contribution in [0.2, 0.25) is 5.02 Å². The number of nitrogens with one attached hydrogen (secondary N) is 1. The third kappa shape index (κ3) is 4.11. The molecule has 0 saturated carbocycles. The van der Waals surface area contributed by atoms with E-state index in [4.69, 9.17) is 17.3 Å². The van der Waals surface area contributed by atoms with E-state index in [1.807, 2.05) is 30.3 Å². The molecule has 5 heteroatoms. The number of nitrogens with two attached hydrogens (primary N) is 1. The van der Waals surface area contributed by atoms with Crippen LogP contribution in [0.5, 0.6) is 0 Å². The Hall–Kier alpha value is -1.27. The first-order valence-corrected chi connectivity index (χ1v) is 7.59. The Morgan fingerprint density at radius 1 is 1.20 bits per heavy atom. The second-order valence-corrected chi connectivity index (χ2v) is 5.95. The zero-order valence-corrected chi connectivity index (χ0v) is 13.6. The molecular formula is C15H14ClIN2O. The van der Waals surface area contributed by atoms with Crippen molar-refractivity contribution in [1.29, 1.82) is 0 Å². The van der Waals surface area contributed by atoms with Gasteiger partial charge in [0.2, 0.25) is 0 Å². The van der Waals surface area contributed by atoms with Gasteiger partial charge in [0.15, 0.2) is 0 Å². The molecule has 0 aromatic heterocycles. The van der Waals surface area contributed by atoms with Crippen molar-refractivity contribution in [1.82, 2.24) is 5.32 Å². The van der Waals surface area contributed by atoms with E-state index in [1.165, 1.54) is 0 Å². The molecule has 0 bridgehead atoms. The van der Waals surface area contributed by atoms with Crippen molar-refractivity contribution in [3.05, 3.63) is 62.2 Å². The van der Waals surface area contributed by atoms with Gasteiger partial charge in [0.1, 0.15) is 0 Å². The fraction of sp³-hybridized carbons (Fsp3) is 0.133. The summed E-state index contributed by atoms with van der Waals surface area (Å²) in [6.07, 6.45) is 0.768. The lowest BCUT2D eigenvalue weighted by atomic mass is 10.1. The first-order chi connectivity index (χ1) is 9.56. The average molecular weight is 401 g/mol. The van der Waals surface area contributed by atoms with E-state index in [1.54, 1.807) is 12.1 Å². The maximum absolute atomic E-state index is 12.0. The fourth-order valence-corrected chi connectivity index (χ4v) is 2.26.